The maximum absolute atomic E-state index is 5.43. The third kappa shape index (κ3) is 3.73. The monoisotopic (exact) mass is 386 g/mol. The van der Waals surface area contributed by atoms with Crippen LogP contribution < -0.4 is 20.1 Å². The summed E-state index contributed by atoms with van der Waals surface area (Å²) in [7, 11) is 0. The highest BCUT2D eigenvalue weighted by Crippen LogP contribution is 2.32. The summed E-state index contributed by atoms with van der Waals surface area (Å²) in [6, 6.07) is 16.0. The highest BCUT2D eigenvalue weighted by Gasteiger charge is 2.14. The molecule has 4 aromatic rings. The predicted molar refractivity (Wildman–Crippen MR) is 109 cm³/mol. The van der Waals surface area contributed by atoms with Crippen molar-refractivity contribution in [3.05, 3.63) is 72.1 Å². The zero-order chi connectivity index (χ0) is 19.5. The fourth-order valence-electron chi connectivity index (χ4n) is 3.08. The van der Waals surface area contributed by atoms with Gasteiger partial charge in [-0.25, -0.2) is 9.97 Å². The first-order valence-corrected chi connectivity index (χ1v) is 9.24. The largest absolute Gasteiger partial charge is 0.454 e. The normalized spacial score (nSPS) is 12.1. The zero-order valence-electron chi connectivity index (χ0n) is 15.5. The van der Waals surface area contributed by atoms with Crippen LogP contribution in [-0.4, -0.2) is 26.7 Å². The summed E-state index contributed by atoms with van der Waals surface area (Å²) >= 11 is 0. The summed E-state index contributed by atoms with van der Waals surface area (Å²) in [5.41, 5.74) is 3.36. The Morgan fingerprint density at radius 2 is 1.62 bits per heavy atom. The van der Waals surface area contributed by atoms with Gasteiger partial charge in [0.25, 0.3) is 0 Å². The standard InChI is InChI=1S/C21H18N6O2/c1-2-4-14(5-3-1)11-24-20-18-19(23-9-8-22-18)26-21(27-20)25-12-15-6-7-16-17(10-15)29-13-28-16/h1-10H,11-13H2,(H2,23,24,25,26,27). The van der Waals surface area contributed by atoms with Crippen LogP contribution >= 0.6 is 0 Å². The molecule has 0 amide bonds. The average molecular weight is 386 g/mol. The molecule has 0 atom stereocenters. The van der Waals surface area contributed by atoms with Gasteiger partial charge in [0.05, 0.1) is 0 Å². The highest BCUT2D eigenvalue weighted by atomic mass is 16.7. The Kier molecular flexibility index (Phi) is 4.50. The number of benzene rings is 2. The van der Waals surface area contributed by atoms with Crippen LogP contribution in [0.3, 0.4) is 0 Å². The third-order valence-electron chi connectivity index (χ3n) is 4.52. The molecule has 8 heteroatoms. The molecule has 2 aromatic heterocycles. The highest BCUT2D eigenvalue weighted by molar-refractivity contribution is 5.83. The maximum Gasteiger partial charge on any atom is 0.231 e. The van der Waals surface area contributed by atoms with E-state index in [1.807, 2.05) is 36.4 Å². The average Bonchev–Trinajstić information content (AvgIpc) is 3.25. The smallest absolute Gasteiger partial charge is 0.231 e. The molecule has 0 bridgehead atoms. The van der Waals surface area contributed by atoms with E-state index >= 15 is 0 Å². The van der Waals surface area contributed by atoms with E-state index in [0.717, 1.165) is 22.6 Å². The number of hydrogen-bond acceptors (Lipinski definition) is 8. The van der Waals surface area contributed by atoms with Crippen LogP contribution in [0.4, 0.5) is 11.8 Å². The Bertz CT molecular complexity index is 1150. The Labute approximate surface area is 167 Å². The minimum absolute atomic E-state index is 0.259. The van der Waals surface area contributed by atoms with E-state index in [1.54, 1.807) is 12.4 Å². The molecule has 3 heterocycles. The number of aromatic nitrogens is 4. The summed E-state index contributed by atoms with van der Waals surface area (Å²) in [6.07, 6.45) is 3.26. The van der Waals surface area contributed by atoms with Crippen molar-refractivity contribution in [2.45, 2.75) is 13.1 Å². The molecule has 0 radical (unpaired) electrons. The number of fused-ring (bicyclic) bond motifs is 2. The quantitative estimate of drug-likeness (QED) is 0.521. The number of hydrogen-bond donors (Lipinski definition) is 2. The minimum Gasteiger partial charge on any atom is -0.454 e. The van der Waals surface area contributed by atoms with Gasteiger partial charge in [0.15, 0.2) is 28.5 Å². The molecule has 2 N–H and O–H groups in total. The molecule has 0 fully saturated rings. The van der Waals surface area contributed by atoms with Crippen molar-refractivity contribution in [1.29, 1.82) is 0 Å². The summed E-state index contributed by atoms with van der Waals surface area (Å²) < 4.78 is 10.8. The van der Waals surface area contributed by atoms with E-state index in [2.05, 4.69) is 42.7 Å². The third-order valence-corrected chi connectivity index (χ3v) is 4.52. The molecule has 0 saturated carbocycles. The Balaban J connectivity index is 1.37. The predicted octanol–water partition coefficient (Wildman–Crippen LogP) is 3.37. The lowest BCUT2D eigenvalue weighted by Gasteiger charge is -2.11. The topological polar surface area (TPSA) is 94.1 Å². The van der Waals surface area contributed by atoms with Crippen molar-refractivity contribution >= 4 is 22.9 Å². The molecular formula is C21H18N6O2. The van der Waals surface area contributed by atoms with E-state index < -0.39 is 0 Å². The Hall–Kier alpha value is -3.94. The summed E-state index contributed by atoms with van der Waals surface area (Å²) in [4.78, 5) is 17.8. The van der Waals surface area contributed by atoms with Gasteiger partial charge in [0, 0.05) is 25.5 Å². The van der Waals surface area contributed by atoms with Crippen LogP contribution in [0.2, 0.25) is 0 Å². The zero-order valence-corrected chi connectivity index (χ0v) is 15.5. The van der Waals surface area contributed by atoms with E-state index in [4.69, 9.17) is 9.47 Å². The first kappa shape index (κ1) is 17.2. The second-order valence-electron chi connectivity index (χ2n) is 6.50. The SMILES string of the molecule is c1ccc(CNc2nc(NCc3ccc4c(c3)OCO4)nc3nccnc23)cc1. The van der Waals surface area contributed by atoms with Gasteiger partial charge in [-0.3, -0.25) is 0 Å². The number of rotatable bonds is 6. The van der Waals surface area contributed by atoms with Gasteiger partial charge in [-0.2, -0.15) is 9.97 Å². The van der Waals surface area contributed by atoms with E-state index in [1.165, 1.54) is 0 Å². The summed E-state index contributed by atoms with van der Waals surface area (Å²) in [5, 5.41) is 6.60. The Morgan fingerprint density at radius 3 is 2.55 bits per heavy atom. The van der Waals surface area contributed by atoms with Gasteiger partial charge in [-0.05, 0) is 23.3 Å². The Morgan fingerprint density at radius 1 is 0.793 bits per heavy atom. The fourth-order valence-corrected chi connectivity index (χ4v) is 3.08. The second kappa shape index (κ2) is 7.59. The summed E-state index contributed by atoms with van der Waals surface area (Å²) in [6.45, 7) is 1.43. The number of nitrogens with zero attached hydrogens (tertiary/aromatic N) is 4. The van der Waals surface area contributed by atoms with Crippen LogP contribution in [0, 0.1) is 0 Å². The maximum atomic E-state index is 5.43. The lowest BCUT2D eigenvalue weighted by molar-refractivity contribution is 0.174. The van der Waals surface area contributed by atoms with Crippen molar-refractivity contribution < 1.29 is 9.47 Å². The van der Waals surface area contributed by atoms with E-state index in [0.29, 0.717) is 36.0 Å². The van der Waals surface area contributed by atoms with Crippen molar-refractivity contribution in [3.8, 4) is 11.5 Å². The van der Waals surface area contributed by atoms with Crippen LogP contribution in [0.15, 0.2) is 60.9 Å². The molecule has 0 spiro atoms. The molecule has 1 aliphatic heterocycles. The number of anilines is 2. The molecule has 144 valence electrons. The van der Waals surface area contributed by atoms with Gasteiger partial charge in [0.1, 0.15) is 0 Å². The molecule has 0 unspecified atom stereocenters. The van der Waals surface area contributed by atoms with Crippen LogP contribution in [0.25, 0.3) is 11.2 Å². The second-order valence-corrected chi connectivity index (χ2v) is 6.50. The molecular weight excluding hydrogens is 368 g/mol. The number of nitrogens with one attached hydrogen (secondary N) is 2. The van der Waals surface area contributed by atoms with Gasteiger partial charge in [-0.15, -0.1) is 0 Å². The van der Waals surface area contributed by atoms with Crippen LogP contribution in [0.5, 0.6) is 11.5 Å². The molecule has 1 aliphatic rings. The molecule has 0 saturated heterocycles. The van der Waals surface area contributed by atoms with Crippen molar-refractivity contribution in [2.24, 2.45) is 0 Å². The van der Waals surface area contributed by atoms with Crippen molar-refractivity contribution in [3.63, 3.8) is 0 Å². The first-order valence-electron chi connectivity index (χ1n) is 9.24. The molecule has 0 aliphatic carbocycles. The molecule has 29 heavy (non-hydrogen) atoms. The van der Waals surface area contributed by atoms with Crippen LogP contribution in [0.1, 0.15) is 11.1 Å². The van der Waals surface area contributed by atoms with Crippen molar-refractivity contribution in [1.82, 2.24) is 19.9 Å². The fraction of sp³-hybridized carbons (Fsp3) is 0.143. The lowest BCUT2D eigenvalue weighted by Crippen LogP contribution is -2.09. The minimum atomic E-state index is 0.259. The van der Waals surface area contributed by atoms with Gasteiger partial charge in [0.2, 0.25) is 12.7 Å². The summed E-state index contributed by atoms with van der Waals surface area (Å²) in [5.74, 6) is 2.63. The van der Waals surface area contributed by atoms with Gasteiger partial charge >= 0.3 is 0 Å². The first-order chi connectivity index (χ1) is 14.3. The van der Waals surface area contributed by atoms with Crippen molar-refractivity contribution in [2.75, 3.05) is 17.4 Å². The molecule has 8 nitrogen and oxygen atoms in total. The van der Waals surface area contributed by atoms with E-state index in [-0.39, 0.29) is 6.79 Å². The molecule has 2 aromatic carbocycles. The van der Waals surface area contributed by atoms with Crippen LogP contribution in [-0.2, 0) is 13.1 Å². The van der Waals surface area contributed by atoms with E-state index in [9.17, 15) is 0 Å². The van der Waals surface area contributed by atoms with Gasteiger partial charge < -0.3 is 20.1 Å². The van der Waals surface area contributed by atoms with Gasteiger partial charge in [-0.1, -0.05) is 36.4 Å². The lowest BCUT2D eigenvalue weighted by atomic mass is 10.2. The molecule has 5 rings (SSSR count). The number of ether oxygens (including phenoxy) is 2.